The summed E-state index contributed by atoms with van der Waals surface area (Å²) in [6.45, 7) is 5.57. The Bertz CT molecular complexity index is 1070. The number of hydrogen-bond donors (Lipinski definition) is 1. The van der Waals surface area contributed by atoms with Crippen molar-refractivity contribution in [3.05, 3.63) is 53.6 Å². The summed E-state index contributed by atoms with van der Waals surface area (Å²) in [5.41, 5.74) is 1.72. The predicted molar refractivity (Wildman–Crippen MR) is 121 cm³/mol. The van der Waals surface area contributed by atoms with E-state index in [0.29, 0.717) is 30.0 Å². The molecule has 1 atom stereocenters. The molecule has 1 N–H and O–H groups in total. The average molecular weight is 447 g/mol. The molecule has 31 heavy (non-hydrogen) atoms. The Kier molecular flexibility index (Phi) is 6.50. The smallest absolute Gasteiger partial charge is 0.241 e. The fraction of sp³-hybridized carbons (Fsp3) is 0.435. The first-order chi connectivity index (χ1) is 14.5. The highest BCUT2D eigenvalue weighted by atomic mass is 32.2. The van der Waals surface area contributed by atoms with Crippen molar-refractivity contribution >= 4 is 21.6 Å². The molecule has 1 heterocycles. The summed E-state index contributed by atoms with van der Waals surface area (Å²) in [6.07, 6.45) is 2.32. The van der Waals surface area contributed by atoms with Crippen molar-refractivity contribution in [3.8, 4) is 11.5 Å². The van der Waals surface area contributed by atoms with Gasteiger partial charge in [-0.25, -0.2) is 8.42 Å². The van der Waals surface area contributed by atoms with Crippen LogP contribution in [-0.4, -0.2) is 39.8 Å². The Hall–Kier alpha value is -2.74. The number of anilines is 1. The van der Waals surface area contributed by atoms with Gasteiger partial charge in [0.25, 0.3) is 0 Å². The zero-order valence-electron chi connectivity index (χ0n) is 18.6. The predicted octanol–water partition coefficient (Wildman–Crippen LogP) is 3.44. The molecule has 7 nitrogen and oxygen atoms in total. The molecule has 8 heteroatoms. The summed E-state index contributed by atoms with van der Waals surface area (Å²) in [6, 6.07) is 12.4. The normalized spacial score (nSPS) is 17.3. The molecule has 0 bridgehead atoms. The number of ether oxygens (including phenoxy) is 2. The fourth-order valence-corrected chi connectivity index (χ4v) is 4.78. The number of hydrogen-bond acceptors (Lipinski definition) is 5. The summed E-state index contributed by atoms with van der Waals surface area (Å²) in [5.74, 6) is 0.961. The number of carbonyl (C=O) groups is 1. The summed E-state index contributed by atoms with van der Waals surface area (Å²) in [4.78, 5) is 13.0. The van der Waals surface area contributed by atoms with Gasteiger partial charge in [-0.15, -0.1) is 0 Å². The Morgan fingerprint density at radius 1 is 1.26 bits per heavy atom. The number of benzene rings is 2. The van der Waals surface area contributed by atoms with Crippen molar-refractivity contribution in [2.75, 3.05) is 24.2 Å². The number of rotatable bonds is 7. The number of nitrogens with zero attached hydrogens (tertiary/aromatic N) is 1. The Labute approximate surface area is 184 Å². The quantitative estimate of drug-likeness (QED) is 0.704. The largest absolute Gasteiger partial charge is 0.497 e. The molecule has 1 amide bonds. The van der Waals surface area contributed by atoms with Crippen LogP contribution in [0.5, 0.6) is 11.5 Å². The lowest BCUT2D eigenvalue weighted by atomic mass is 9.89. The molecule has 0 aromatic heterocycles. The summed E-state index contributed by atoms with van der Waals surface area (Å²) in [7, 11) is -2.07. The van der Waals surface area contributed by atoms with Crippen LogP contribution in [0.1, 0.15) is 44.4 Å². The second-order valence-electron chi connectivity index (χ2n) is 8.34. The first-order valence-electron chi connectivity index (χ1n) is 10.3. The molecular formula is C23H30N2O5S. The zero-order chi connectivity index (χ0) is 22.8. The third-order valence-electron chi connectivity index (χ3n) is 5.34. The van der Waals surface area contributed by atoms with Crippen LogP contribution in [0.15, 0.2) is 42.5 Å². The van der Waals surface area contributed by atoms with E-state index in [0.717, 1.165) is 21.7 Å². The third-order valence-corrected chi connectivity index (χ3v) is 6.46. The minimum Gasteiger partial charge on any atom is -0.497 e. The van der Waals surface area contributed by atoms with E-state index >= 15 is 0 Å². The second kappa shape index (κ2) is 8.78. The van der Waals surface area contributed by atoms with Gasteiger partial charge in [-0.2, -0.15) is 0 Å². The molecule has 1 aliphatic heterocycles. The van der Waals surface area contributed by atoms with E-state index in [4.69, 9.17) is 9.47 Å². The summed E-state index contributed by atoms with van der Waals surface area (Å²) >= 11 is 0. The third kappa shape index (κ3) is 5.31. The van der Waals surface area contributed by atoms with Crippen LogP contribution in [-0.2, 0) is 21.2 Å². The molecule has 3 rings (SSSR count). The topological polar surface area (TPSA) is 84.9 Å². The maximum absolute atomic E-state index is 13.0. The van der Waals surface area contributed by atoms with Gasteiger partial charge in [0, 0.05) is 12.0 Å². The lowest BCUT2D eigenvalue weighted by Crippen LogP contribution is -2.45. The van der Waals surface area contributed by atoms with Gasteiger partial charge in [-0.05, 0) is 50.1 Å². The van der Waals surface area contributed by atoms with Crippen LogP contribution in [0.4, 0.5) is 5.69 Å². The SMILES string of the molecule is CCc1ccccc1N(CC(=O)N[C@@H]1CC(C)(C)Oc2ccc(OC)cc21)S(C)(=O)=O. The van der Waals surface area contributed by atoms with E-state index < -0.39 is 15.6 Å². The fourth-order valence-electron chi connectivity index (χ4n) is 3.89. The number of para-hydroxylation sites is 1. The molecule has 0 saturated heterocycles. The Morgan fingerprint density at radius 3 is 2.61 bits per heavy atom. The number of carbonyl (C=O) groups excluding carboxylic acids is 1. The molecule has 2 aromatic carbocycles. The van der Waals surface area contributed by atoms with E-state index in [2.05, 4.69) is 5.32 Å². The first-order valence-corrected chi connectivity index (χ1v) is 12.1. The minimum atomic E-state index is -3.65. The molecule has 0 fully saturated rings. The van der Waals surface area contributed by atoms with Crippen LogP contribution < -0.4 is 19.1 Å². The van der Waals surface area contributed by atoms with Crippen molar-refractivity contribution in [3.63, 3.8) is 0 Å². The van der Waals surface area contributed by atoms with Gasteiger partial charge in [0.15, 0.2) is 0 Å². The molecule has 168 valence electrons. The highest BCUT2D eigenvalue weighted by Crippen LogP contribution is 2.41. The maximum atomic E-state index is 13.0. The number of methoxy groups -OCH3 is 1. The van der Waals surface area contributed by atoms with Gasteiger partial charge in [-0.1, -0.05) is 25.1 Å². The van der Waals surface area contributed by atoms with E-state index in [1.807, 2.05) is 51.1 Å². The zero-order valence-corrected chi connectivity index (χ0v) is 19.5. The first kappa shape index (κ1) is 22.9. The highest BCUT2D eigenvalue weighted by Gasteiger charge is 2.35. The van der Waals surface area contributed by atoms with Crippen molar-refractivity contribution in [2.24, 2.45) is 0 Å². The van der Waals surface area contributed by atoms with E-state index in [1.54, 1.807) is 19.2 Å². The second-order valence-corrected chi connectivity index (χ2v) is 10.2. The standard InChI is InChI=1S/C23H30N2O5S/c1-6-16-9-7-8-10-20(16)25(31(5,27)28)15-22(26)24-19-14-23(2,3)30-21-12-11-17(29-4)13-18(19)21/h7-13,19H,6,14-15H2,1-5H3,(H,24,26)/t19-/m1/s1. The molecule has 0 saturated carbocycles. The van der Waals surface area contributed by atoms with Crippen LogP contribution in [0.3, 0.4) is 0 Å². The number of sulfonamides is 1. The van der Waals surface area contributed by atoms with Crippen molar-refractivity contribution < 1.29 is 22.7 Å². The van der Waals surface area contributed by atoms with Gasteiger partial charge in [0.1, 0.15) is 23.6 Å². The van der Waals surface area contributed by atoms with E-state index in [-0.39, 0.29) is 18.5 Å². The summed E-state index contributed by atoms with van der Waals surface area (Å²) in [5, 5.41) is 3.01. The average Bonchev–Trinajstić information content (AvgIpc) is 2.70. The molecule has 2 aromatic rings. The van der Waals surface area contributed by atoms with Crippen LogP contribution in [0.2, 0.25) is 0 Å². The summed E-state index contributed by atoms with van der Waals surface area (Å²) < 4.78 is 37.6. The molecular weight excluding hydrogens is 416 g/mol. The van der Waals surface area contributed by atoms with Crippen LogP contribution >= 0.6 is 0 Å². The minimum absolute atomic E-state index is 0.299. The lowest BCUT2D eigenvalue weighted by molar-refractivity contribution is -0.120. The van der Waals surface area contributed by atoms with Gasteiger partial charge >= 0.3 is 0 Å². The van der Waals surface area contributed by atoms with Crippen molar-refractivity contribution in [1.29, 1.82) is 0 Å². The van der Waals surface area contributed by atoms with Crippen LogP contribution in [0.25, 0.3) is 0 Å². The highest BCUT2D eigenvalue weighted by molar-refractivity contribution is 7.92. The molecule has 1 aliphatic rings. The Balaban J connectivity index is 1.88. The van der Waals surface area contributed by atoms with Gasteiger partial charge in [0.2, 0.25) is 15.9 Å². The van der Waals surface area contributed by atoms with Crippen molar-refractivity contribution in [2.45, 2.75) is 45.3 Å². The monoisotopic (exact) mass is 446 g/mol. The van der Waals surface area contributed by atoms with E-state index in [9.17, 15) is 13.2 Å². The van der Waals surface area contributed by atoms with Crippen molar-refractivity contribution in [1.82, 2.24) is 5.32 Å². The molecule has 0 aliphatic carbocycles. The molecule has 0 radical (unpaired) electrons. The lowest BCUT2D eigenvalue weighted by Gasteiger charge is -2.38. The van der Waals surface area contributed by atoms with Gasteiger partial charge in [0.05, 0.1) is 25.1 Å². The van der Waals surface area contributed by atoms with Crippen LogP contribution in [0, 0.1) is 0 Å². The number of amides is 1. The van der Waals surface area contributed by atoms with Gasteiger partial charge in [-0.3, -0.25) is 9.10 Å². The number of aryl methyl sites for hydroxylation is 1. The number of fused-ring (bicyclic) bond motifs is 1. The Morgan fingerprint density at radius 2 is 1.97 bits per heavy atom. The molecule has 0 unspecified atom stereocenters. The molecule has 0 spiro atoms. The van der Waals surface area contributed by atoms with Gasteiger partial charge < -0.3 is 14.8 Å². The van der Waals surface area contributed by atoms with E-state index in [1.165, 1.54) is 0 Å². The number of nitrogens with one attached hydrogen (secondary N) is 1. The maximum Gasteiger partial charge on any atom is 0.241 e.